The third-order valence-electron chi connectivity index (χ3n) is 4.10. The second kappa shape index (κ2) is 6.62. The Morgan fingerprint density at radius 3 is 2.71 bits per heavy atom. The lowest BCUT2D eigenvalue weighted by Gasteiger charge is -2.38. The molecule has 1 aliphatic heterocycles. The Bertz CT molecular complexity index is 528. The number of hydrogen-bond donors (Lipinski definition) is 1. The van der Waals surface area contributed by atoms with Crippen LogP contribution in [0, 0.1) is 0 Å². The minimum Gasteiger partial charge on any atom is -0.395 e. The predicted molar refractivity (Wildman–Crippen MR) is 85.7 cm³/mol. The van der Waals surface area contributed by atoms with Gasteiger partial charge in [0.05, 0.1) is 11.7 Å². The molecule has 1 atom stereocenters. The second-order valence-corrected chi connectivity index (χ2v) is 6.48. The van der Waals surface area contributed by atoms with E-state index >= 15 is 0 Å². The van der Waals surface area contributed by atoms with Crippen molar-refractivity contribution in [1.29, 1.82) is 0 Å². The van der Waals surface area contributed by atoms with E-state index < -0.39 is 0 Å². The molecule has 1 N–H and O–H groups in total. The average molecular weight is 304 g/mol. The molecule has 112 valence electrons. The zero-order chi connectivity index (χ0) is 14.7. The molecule has 0 saturated heterocycles. The summed E-state index contributed by atoms with van der Waals surface area (Å²) in [5.74, 6) is 0.782. The van der Waals surface area contributed by atoms with Crippen molar-refractivity contribution < 1.29 is 9.90 Å². The first-order chi connectivity index (χ1) is 10.3. The van der Waals surface area contributed by atoms with Crippen LogP contribution in [0.2, 0.25) is 0 Å². The molecule has 2 aliphatic rings. The number of aliphatic imine (C=N–C) groups is 1. The van der Waals surface area contributed by atoms with E-state index in [4.69, 9.17) is 0 Å². The summed E-state index contributed by atoms with van der Waals surface area (Å²) in [7, 11) is 0. The number of hydrogen-bond acceptors (Lipinski definition) is 4. The van der Waals surface area contributed by atoms with Gasteiger partial charge in [-0.3, -0.25) is 9.79 Å². The van der Waals surface area contributed by atoms with Gasteiger partial charge in [0.2, 0.25) is 5.91 Å². The lowest BCUT2D eigenvalue weighted by atomic mass is 9.91. The summed E-state index contributed by atoms with van der Waals surface area (Å²) in [5.41, 5.74) is 1.08. The van der Waals surface area contributed by atoms with Gasteiger partial charge in [0, 0.05) is 23.9 Å². The maximum Gasteiger partial charge on any atom is 0.248 e. The number of benzene rings is 1. The summed E-state index contributed by atoms with van der Waals surface area (Å²) in [6, 6.07) is 10.0. The molecule has 0 radical (unpaired) electrons. The highest BCUT2D eigenvalue weighted by atomic mass is 32.2. The maximum absolute atomic E-state index is 12.6. The molecule has 0 bridgehead atoms. The molecule has 1 unspecified atom stereocenters. The third-order valence-corrected chi connectivity index (χ3v) is 5.19. The Kier molecular flexibility index (Phi) is 4.60. The molecular formula is C16H20N2O2S. The number of carbonyl (C=O) groups excluding carboxylic acids is 1. The number of carbonyl (C=O) groups is 1. The zero-order valence-corrected chi connectivity index (χ0v) is 12.8. The molecule has 5 heteroatoms. The van der Waals surface area contributed by atoms with Gasteiger partial charge in [0.25, 0.3) is 0 Å². The fourth-order valence-electron chi connectivity index (χ4n) is 2.71. The molecule has 1 saturated carbocycles. The van der Waals surface area contributed by atoms with Gasteiger partial charge in [0.1, 0.15) is 6.04 Å². The molecule has 0 spiro atoms. The quantitative estimate of drug-likeness (QED) is 0.904. The first-order valence-corrected chi connectivity index (χ1v) is 8.45. The summed E-state index contributed by atoms with van der Waals surface area (Å²) < 4.78 is 0. The smallest absolute Gasteiger partial charge is 0.248 e. The highest BCUT2D eigenvalue weighted by Crippen LogP contribution is 2.29. The number of aliphatic hydroxyl groups excluding tert-OH is 1. The summed E-state index contributed by atoms with van der Waals surface area (Å²) in [6.45, 7) is 0.457. The molecule has 1 fully saturated rings. The Hall–Kier alpha value is -1.33. The number of rotatable bonds is 5. The van der Waals surface area contributed by atoms with E-state index in [0.717, 1.165) is 23.4 Å². The molecule has 1 aliphatic carbocycles. The topological polar surface area (TPSA) is 52.9 Å². The maximum atomic E-state index is 12.6. The minimum atomic E-state index is -0.294. The molecule has 3 rings (SSSR count). The monoisotopic (exact) mass is 304 g/mol. The van der Waals surface area contributed by atoms with Gasteiger partial charge in [-0.1, -0.05) is 30.3 Å². The Morgan fingerprint density at radius 1 is 1.33 bits per heavy atom. The summed E-state index contributed by atoms with van der Waals surface area (Å²) in [5, 5.41) is 10.1. The van der Waals surface area contributed by atoms with E-state index in [0.29, 0.717) is 18.3 Å². The van der Waals surface area contributed by atoms with Gasteiger partial charge in [-0.05, 0) is 19.3 Å². The normalized spacial score (nSPS) is 21.8. The molecular weight excluding hydrogens is 284 g/mol. The van der Waals surface area contributed by atoms with Crippen LogP contribution in [0.25, 0.3) is 0 Å². The van der Waals surface area contributed by atoms with Crippen molar-refractivity contribution >= 4 is 22.7 Å². The van der Waals surface area contributed by atoms with E-state index in [1.54, 1.807) is 11.8 Å². The first kappa shape index (κ1) is 14.6. The molecule has 4 nitrogen and oxygen atoms in total. The van der Waals surface area contributed by atoms with Crippen LogP contribution < -0.4 is 0 Å². The van der Waals surface area contributed by atoms with Crippen molar-refractivity contribution in [2.24, 2.45) is 4.99 Å². The number of aliphatic hydroxyl groups is 1. The van der Waals surface area contributed by atoms with Crippen molar-refractivity contribution in [1.82, 2.24) is 4.90 Å². The van der Waals surface area contributed by atoms with Crippen molar-refractivity contribution in [3.8, 4) is 0 Å². The highest BCUT2D eigenvalue weighted by molar-refractivity contribution is 8.14. The number of nitrogens with zero attached hydrogens (tertiary/aromatic N) is 2. The lowest BCUT2D eigenvalue weighted by Crippen LogP contribution is -2.49. The summed E-state index contributed by atoms with van der Waals surface area (Å²) in [6.07, 6.45) is 3.29. The van der Waals surface area contributed by atoms with Gasteiger partial charge in [-0.25, -0.2) is 0 Å². The van der Waals surface area contributed by atoms with E-state index in [1.807, 2.05) is 35.2 Å². The lowest BCUT2D eigenvalue weighted by molar-refractivity contribution is -0.136. The third kappa shape index (κ3) is 3.14. The molecule has 0 aromatic heterocycles. The van der Waals surface area contributed by atoms with Crippen LogP contribution in [-0.4, -0.2) is 51.9 Å². The van der Waals surface area contributed by atoms with E-state index in [1.165, 1.54) is 6.42 Å². The van der Waals surface area contributed by atoms with Crippen LogP contribution in [0.15, 0.2) is 35.3 Å². The minimum absolute atomic E-state index is 0.0252. The molecule has 1 amide bonds. The molecule has 1 aromatic carbocycles. The van der Waals surface area contributed by atoms with Crippen LogP contribution in [0.1, 0.15) is 24.8 Å². The fraction of sp³-hybridized carbons (Fsp3) is 0.500. The van der Waals surface area contributed by atoms with Crippen LogP contribution in [0.4, 0.5) is 0 Å². The van der Waals surface area contributed by atoms with Crippen LogP contribution >= 0.6 is 11.8 Å². The average Bonchev–Trinajstić information content (AvgIpc) is 2.95. The van der Waals surface area contributed by atoms with Crippen LogP contribution in [0.5, 0.6) is 0 Å². The van der Waals surface area contributed by atoms with Gasteiger partial charge < -0.3 is 10.0 Å². The Morgan fingerprint density at radius 2 is 2.10 bits per heavy atom. The SMILES string of the molecule is O=C(C1CSC(c2ccccc2)=N1)N(CCO)C1CCC1. The first-order valence-electron chi connectivity index (χ1n) is 7.47. The van der Waals surface area contributed by atoms with Crippen molar-refractivity contribution in [2.75, 3.05) is 18.9 Å². The van der Waals surface area contributed by atoms with Crippen molar-refractivity contribution in [3.05, 3.63) is 35.9 Å². The Labute approximate surface area is 129 Å². The van der Waals surface area contributed by atoms with Gasteiger partial charge in [-0.15, -0.1) is 11.8 Å². The molecule has 21 heavy (non-hydrogen) atoms. The van der Waals surface area contributed by atoms with Crippen LogP contribution in [0.3, 0.4) is 0 Å². The van der Waals surface area contributed by atoms with E-state index in [-0.39, 0.29) is 18.6 Å². The summed E-state index contributed by atoms with van der Waals surface area (Å²) >= 11 is 1.64. The van der Waals surface area contributed by atoms with Crippen molar-refractivity contribution in [2.45, 2.75) is 31.3 Å². The molecule has 1 aromatic rings. The fourth-order valence-corrected chi connectivity index (χ4v) is 3.75. The van der Waals surface area contributed by atoms with Crippen molar-refractivity contribution in [3.63, 3.8) is 0 Å². The van der Waals surface area contributed by atoms with E-state index in [9.17, 15) is 9.90 Å². The highest BCUT2D eigenvalue weighted by Gasteiger charge is 2.34. The standard InChI is InChI=1S/C16H20N2O2S/c19-10-9-18(13-7-4-8-13)16(20)14-11-21-15(17-14)12-5-2-1-3-6-12/h1-3,5-6,13-14,19H,4,7-11H2. The van der Waals surface area contributed by atoms with Gasteiger partial charge in [-0.2, -0.15) is 0 Å². The largest absolute Gasteiger partial charge is 0.395 e. The number of amides is 1. The summed E-state index contributed by atoms with van der Waals surface area (Å²) in [4.78, 5) is 19.1. The van der Waals surface area contributed by atoms with Gasteiger partial charge >= 0.3 is 0 Å². The van der Waals surface area contributed by atoms with Gasteiger partial charge in [0.15, 0.2) is 0 Å². The number of thioether (sulfide) groups is 1. The molecule has 1 heterocycles. The van der Waals surface area contributed by atoms with E-state index in [2.05, 4.69) is 4.99 Å². The Balaban J connectivity index is 1.71. The zero-order valence-electron chi connectivity index (χ0n) is 11.9. The predicted octanol–water partition coefficient (Wildman–Crippen LogP) is 1.92. The second-order valence-electron chi connectivity index (χ2n) is 5.47. The van der Waals surface area contributed by atoms with Crippen LogP contribution in [-0.2, 0) is 4.79 Å².